The average molecular weight is 293 g/mol. The van der Waals surface area contributed by atoms with Gasteiger partial charge in [0.15, 0.2) is 5.84 Å². The Labute approximate surface area is 122 Å². The lowest BCUT2D eigenvalue weighted by atomic mass is 10.1. The van der Waals surface area contributed by atoms with Crippen LogP contribution in [0.1, 0.15) is 5.56 Å². The van der Waals surface area contributed by atoms with E-state index in [1.165, 1.54) is 10.5 Å². The number of nitrogens with zero attached hydrogens (tertiary/aromatic N) is 2. The molecule has 0 bridgehead atoms. The van der Waals surface area contributed by atoms with Gasteiger partial charge in [0.1, 0.15) is 6.10 Å². The van der Waals surface area contributed by atoms with Crippen LogP contribution < -0.4 is 5.73 Å². The minimum absolute atomic E-state index is 0.164. The zero-order chi connectivity index (χ0) is 13.9. The number of oxime groups is 1. The van der Waals surface area contributed by atoms with Gasteiger partial charge in [-0.05, 0) is 18.1 Å². The lowest BCUT2D eigenvalue weighted by Crippen LogP contribution is -2.50. The first-order valence-electron chi connectivity index (χ1n) is 6.82. The van der Waals surface area contributed by atoms with Crippen molar-refractivity contribution in [1.29, 1.82) is 0 Å². The summed E-state index contributed by atoms with van der Waals surface area (Å²) in [5.41, 5.74) is 7.08. The maximum atomic E-state index is 8.74. The van der Waals surface area contributed by atoms with Crippen LogP contribution in [0.5, 0.6) is 0 Å². The fourth-order valence-corrected chi connectivity index (χ4v) is 4.12. The van der Waals surface area contributed by atoms with Gasteiger partial charge in [0.25, 0.3) is 0 Å². The number of morpholine rings is 1. The van der Waals surface area contributed by atoms with Crippen molar-refractivity contribution in [3.63, 3.8) is 0 Å². The predicted octanol–water partition coefficient (Wildman–Crippen LogP) is 1.15. The number of hydrogen-bond acceptors (Lipinski definition) is 5. The molecular weight excluding hydrogens is 274 g/mol. The zero-order valence-corrected chi connectivity index (χ0v) is 12.1. The molecule has 2 atom stereocenters. The van der Waals surface area contributed by atoms with E-state index in [-0.39, 0.29) is 11.9 Å². The van der Waals surface area contributed by atoms with Gasteiger partial charge in [-0.25, -0.2) is 0 Å². The molecule has 3 N–H and O–H groups in total. The van der Waals surface area contributed by atoms with Crippen molar-refractivity contribution in [3.8, 4) is 0 Å². The van der Waals surface area contributed by atoms with Gasteiger partial charge in [0, 0.05) is 29.8 Å². The van der Waals surface area contributed by atoms with E-state index in [4.69, 9.17) is 15.7 Å². The molecule has 2 unspecified atom stereocenters. The number of hydrogen-bond donors (Lipinski definition) is 2. The van der Waals surface area contributed by atoms with E-state index in [0.717, 1.165) is 19.5 Å². The highest BCUT2D eigenvalue weighted by molar-refractivity contribution is 8.00. The molecule has 1 saturated heterocycles. The number of amidine groups is 1. The maximum Gasteiger partial charge on any atom is 0.169 e. The number of fused-ring (bicyclic) bond motifs is 1. The highest BCUT2D eigenvalue weighted by Crippen LogP contribution is 2.37. The molecular formula is C14H19N3O2S. The van der Waals surface area contributed by atoms with Crippen LogP contribution >= 0.6 is 11.8 Å². The van der Waals surface area contributed by atoms with Gasteiger partial charge in [-0.2, -0.15) is 0 Å². The Bertz CT molecular complexity index is 484. The van der Waals surface area contributed by atoms with E-state index in [1.54, 1.807) is 0 Å². The average Bonchev–Trinajstić information content (AvgIpc) is 2.88. The van der Waals surface area contributed by atoms with Gasteiger partial charge in [0.05, 0.1) is 6.61 Å². The largest absolute Gasteiger partial charge is 0.409 e. The molecule has 2 aliphatic rings. The first-order valence-corrected chi connectivity index (χ1v) is 7.70. The quantitative estimate of drug-likeness (QED) is 0.379. The Morgan fingerprint density at radius 1 is 1.50 bits per heavy atom. The van der Waals surface area contributed by atoms with Crippen molar-refractivity contribution >= 4 is 17.6 Å². The van der Waals surface area contributed by atoms with Crippen molar-refractivity contribution in [2.45, 2.75) is 22.7 Å². The topological polar surface area (TPSA) is 71.1 Å². The van der Waals surface area contributed by atoms with Crippen LogP contribution in [-0.2, 0) is 11.2 Å². The van der Waals surface area contributed by atoms with Gasteiger partial charge in [-0.1, -0.05) is 23.4 Å². The molecule has 6 heteroatoms. The summed E-state index contributed by atoms with van der Waals surface area (Å²) in [7, 11) is 0. The molecule has 0 aromatic heterocycles. The summed E-state index contributed by atoms with van der Waals surface area (Å²) in [4.78, 5) is 3.74. The van der Waals surface area contributed by atoms with E-state index in [9.17, 15) is 0 Å². The number of rotatable bonds is 3. The molecule has 2 aliphatic heterocycles. The first kappa shape index (κ1) is 13.7. The van der Waals surface area contributed by atoms with Crippen molar-refractivity contribution < 1.29 is 9.94 Å². The molecule has 20 heavy (non-hydrogen) atoms. The summed E-state index contributed by atoms with van der Waals surface area (Å²) in [5.74, 6) is 0.164. The Balaban J connectivity index is 1.57. The zero-order valence-electron chi connectivity index (χ0n) is 11.2. The number of nitrogens with two attached hydrogens (primary N) is 1. The molecule has 0 aliphatic carbocycles. The minimum Gasteiger partial charge on any atom is -0.409 e. The Kier molecular flexibility index (Phi) is 4.14. The van der Waals surface area contributed by atoms with Crippen LogP contribution in [0.15, 0.2) is 34.3 Å². The van der Waals surface area contributed by atoms with E-state index < -0.39 is 0 Å². The maximum absolute atomic E-state index is 8.74. The van der Waals surface area contributed by atoms with E-state index in [2.05, 4.69) is 34.3 Å². The molecule has 0 radical (unpaired) electrons. The first-order chi connectivity index (χ1) is 9.76. The van der Waals surface area contributed by atoms with Crippen molar-refractivity contribution in [2.24, 2.45) is 10.9 Å². The highest BCUT2D eigenvalue weighted by atomic mass is 32.2. The fraction of sp³-hybridized carbons (Fsp3) is 0.500. The molecule has 0 spiro atoms. The molecule has 1 aromatic rings. The summed E-state index contributed by atoms with van der Waals surface area (Å²) < 4.78 is 5.52. The predicted molar refractivity (Wildman–Crippen MR) is 79.4 cm³/mol. The molecule has 5 nitrogen and oxygen atoms in total. The third-order valence-corrected chi connectivity index (χ3v) is 5.07. The summed E-state index contributed by atoms with van der Waals surface area (Å²) in [6.07, 6.45) is 0.828. The second kappa shape index (κ2) is 6.03. The van der Waals surface area contributed by atoms with Crippen LogP contribution in [0.3, 0.4) is 0 Å². The molecule has 3 rings (SSSR count). The SMILES string of the molecule is NC(=NO)C1CN(CC2Cc3ccccc3S2)CCO1. The van der Waals surface area contributed by atoms with E-state index in [1.807, 2.05) is 11.8 Å². The Morgan fingerprint density at radius 3 is 3.15 bits per heavy atom. The van der Waals surface area contributed by atoms with Gasteiger partial charge < -0.3 is 15.7 Å². The van der Waals surface area contributed by atoms with Crippen LogP contribution in [-0.4, -0.2) is 53.5 Å². The summed E-state index contributed by atoms with van der Waals surface area (Å²) >= 11 is 1.95. The minimum atomic E-state index is -0.289. The third kappa shape index (κ3) is 2.92. The van der Waals surface area contributed by atoms with Gasteiger partial charge in [-0.15, -0.1) is 11.8 Å². The van der Waals surface area contributed by atoms with Crippen molar-refractivity contribution in [3.05, 3.63) is 29.8 Å². The van der Waals surface area contributed by atoms with Gasteiger partial charge in [-0.3, -0.25) is 4.90 Å². The normalized spacial score (nSPS) is 27.5. The molecule has 1 aromatic carbocycles. The summed E-state index contributed by atoms with van der Waals surface area (Å²) in [6, 6.07) is 8.60. The van der Waals surface area contributed by atoms with Crippen molar-refractivity contribution in [1.82, 2.24) is 4.90 Å². The third-order valence-electron chi connectivity index (χ3n) is 3.77. The van der Waals surface area contributed by atoms with E-state index >= 15 is 0 Å². The second-order valence-electron chi connectivity index (χ2n) is 5.20. The molecule has 108 valence electrons. The van der Waals surface area contributed by atoms with E-state index in [0.29, 0.717) is 18.4 Å². The Morgan fingerprint density at radius 2 is 2.35 bits per heavy atom. The number of ether oxygens (including phenoxy) is 1. The number of thioether (sulfide) groups is 1. The summed E-state index contributed by atoms with van der Waals surface area (Å²) in [6.45, 7) is 3.25. The lowest BCUT2D eigenvalue weighted by Gasteiger charge is -2.33. The van der Waals surface area contributed by atoms with Crippen LogP contribution in [0, 0.1) is 0 Å². The Hall–Kier alpha value is -1.24. The van der Waals surface area contributed by atoms with Crippen LogP contribution in [0.2, 0.25) is 0 Å². The number of benzene rings is 1. The molecule has 1 fully saturated rings. The monoisotopic (exact) mass is 293 g/mol. The molecule has 0 saturated carbocycles. The van der Waals surface area contributed by atoms with Crippen LogP contribution in [0.4, 0.5) is 0 Å². The highest BCUT2D eigenvalue weighted by Gasteiger charge is 2.28. The molecule has 0 amide bonds. The summed E-state index contributed by atoms with van der Waals surface area (Å²) in [5, 5.41) is 12.4. The van der Waals surface area contributed by atoms with Gasteiger partial charge >= 0.3 is 0 Å². The smallest absolute Gasteiger partial charge is 0.169 e. The van der Waals surface area contributed by atoms with Crippen LogP contribution in [0.25, 0.3) is 0 Å². The standard InChI is InChI=1S/C14H19N3O2S/c15-14(16-18)12-9-17(5-6-19-12)8-11-7-10-3-1-2-4-13(10)20-11/h1-4,11-12,18H,5-9H2,(H2,15,16). The van der Waals surface area contributed by atoms with Crippen molar-refractivity contribution in [2.75, 3.05) is 26.2 Å². The lowest BCUT2D eigenvalue weighted by molar-refractivity contribution is 0.00506. The second-order valence-corrected chi connectivity index (χ2v) is 6.54. The fourth-order valence-electron chi connectivity index (χ4n) is 2.76. The molecule has 2 heterocycles. The van der Waals surface area contributed by atoms with Gasteiger partial charge in [0.2, 0.25) is 0 Å².